The van der Waals surface area contributed by atoms with Crippen molar-refractivity contribution in [3.8, 4) is 0 Å². The van der Waals surface area contributed by atoms with E-state index in [1.807, 2.05) is 44.2 Å². The molecular weight excluding hydrogens is 278 g/mol. The van der Waals surface area contributed by atoms with E-state index in [9.17, 15) is 13.5 Å². The Hall–Kier alpha value is -0.950. The number of sulfonamides is 1. The molecule has 0 aromatic heterocycles. The largest absolute Gasteiger partial charge is 0.395 e. The zero-order valence-electron chi connectivity index (χ0n) is 12.0. The first-order chi connectivity index (χ1) is 9.43. The summed E-state index contributed by atoms with van der Waals surface area (Å²) in [5, 5.41) is 9.31. The molecule has 0 aliphatic carbocycles. The Morgan fingerprint density at radius 3 is 2.45 bits per heavy atom. The van der Waals surface area contributed by atoms with Crippen molar-refractivity contribution in [2.45, 2.75) is 32.4 Å². The first-order valence-corrected chi connectivity index (χ1v) is 8.34. The van der Waals surface area contributed by atoms with Gasteiger partial charge in [0.1, 0.15) is 0 Å². The topological polar surface area (TPSA) is 75.6 Å². The molecule has 0 aliphatic heterocycles. The van der Waals surface area contributed by atoms with Gasteiger partial charge < -0.3 is 9.84 Å². The maximum atomic E-state index is 11.9. The first-order valence-electron chi connectivity index (χ1n) is 6.69. The molecule has 1 atom stereocenters. The van der Waals surface area contributed by atoms with Crippen molar-refractivity contribution in [3.05, 3.63) is 35.9 Å². The molecule has 2 N–H and O–H groups in total. The summed E-state index contributed by atoms with van der Waals surface area (Å²) >= 11 is 0. The van der Waals surface area contributed by atoms with Crippen LogP contribution in [0.25, 0.3) is 0 Å². The van der Waals surface area contributed by atoms with E-state index < -0.39 is 16.1 Å². The van der Waals surface area contributed by atoms with Crippen molar-refractivity contribution in [3.63, 3.8) is 0 Å². The van der Waals surface area contributed by atoms with E-state index in [1.54, 1.807) is 0 Å². The minimum Gasteiger partial charge on any atom is -0.395 e. The molecule has 0 fully saturated rings. The zero-order valence-corrected chi connectivity index (χ0v) is 12.8. The highest BCUT2D eigenvalue weighted by Gasteiger charge is 2.17. The van der Waals surface area contributed by atoms with Crippen molar-refractivity contribution in [2.24, 2.45) is 0 Å². The van der Waals surface area contributed by atoms with Gasteiger partial charge in [0.2, 0.25) is 10.0 Å². The lowest BCUT2D eigenvalue weighted by molar-refractivity contribution is 0.0910. The zero-order chi connectivity index (χ0) is 15.0. The fourth-order valence-electron chi connectivity index (χ4n) is 1.75. The molecule has 1 aromatic rings. The summed E-state index contributed by atoms with van der Waals surface area (Å²) in [6, 6.07) is 8.95. The lowest BCUT2D eigenvalue weighted by Gasteiger charge is -2.17. The van der Waals surface area contributed by atoms with Gasteiger partial charge in [0.25, 0.3) is 0 Å². The second-order valence-electron chi connectivity index (χ2n) is 4.93. The van der Waals surface area contributed by atoms with Gasteiger partial charge in [0.15, 0.2) is 0 Å². The molecule has 1 aromatic carbocycles. The van der Waals surface area contributed by atoms with Crippen LogP contribution in [0.15, 0.2) is 30.3 Å². The number of benzene rings is 1. The van der Waals surface area contributed by atoms with Crippen LogP contribution in [0.2, 0.25) is 0 Å². The highest BCUT2D eigenvalue weighted by Crippen LogP contribution is 2.04. The molecule has 6 heteroatoms. The quantitative estimate of drug-likeness (QED) is 0.711. The Morgan fingerprint density at radius 1 is 1.25 bits per heavy atom. The second kappa shape index (κ2) is 8.36. The third-order valence-corrected chi connectivity index (χ3v) is 4.09. The molecule has 0 radical (unpaired) electrons. The predicted octanol–water partition coefficient (Wildman–Crippen LogP) is 0.934. The van der Waals surface area contributed by atoms with Crippen LogP contribution in [0, 0.1) is 0 Å². The van der Waals surface area contributed by atoms with Gasteiger partial charge in [0, 0.05) is 6.04 Å². The molecule has 0 spiro atoms. The predicted molar refractivity (Wildman–Crippen MR) is 79.0 cm³/mol. The molecule has 1 rings (SSSR count). The molecule has 0 amide bonds. The van der Waals surface area contributed by atoms with E-state index in [2.05, 4.69) is 4.72 Å². The van der Waals surface area contributed by atoms with Crippen LogP contribution in [0.1, 0.15) is 19.4 Å². The second-order valence-corrected chi connectivity index (χ2v) is 6.80. The lowest BCUT2D eigenvalue weighted by Crippen LogP contribution is -2.41. The van der Waals surface area contributed by atoms with Crippen molar-refractivity contribution in [1.29, 1.82) is 0 Å². The van der Waals surface area contributed by atoms with E-state index in [4.69, 9.17) is 4.74 Å². The number of ether oxygens (including phenoxy) is 1. The molecule has 0 saturated heterocycles. The SMILES string of the molecule is CC(C)OCCS(=O)(=O)NC(CO)Cc1ccccc1. The van der Waals surface area contributed by atoms with Crippen molar-refractivity contribution in [1.82, 2.24) is 4.72 Å². The summed E-state index contributed by atoms with van der Waals surface area (Å²) in [7, 11) is -3.44. The fraction of sp³-hybridized carbons (Fsp3) is 0.571. The number of aliphatic hydroxyl groups excluding tert-OH is 1. The first kappa shape index (κ1) is 17.1. The van der Waals surface area contributed by atoms with Crippen LogP contribution in [0.5, 0.6) is 0 Å². The minimum absolute atomic E-state index is 0.00292. The van der Waals surface area contributed by atoms with Crippen molar-refractivity contribution < 1.29 is 18.3 Å². The summed E-state index contributed by atoms with van der Waals surface area (Å²) in [5.41, 5.74) is 0.979. The standard InChI is InChI=1S/C14H23NO4S/c1-12(2)19-8-9-20(17,18)15-14(11-16)10-13-6-4-3-5-7-13/h3-7,12,14-16H,8-11H2,1-2H3. The van der Waals surface area contributed by atoms with Gasteiger partial charge in [0.05, 0.1) is 25.1 Å². The van der Waals surface area contributed by atoms with Gasteiger partial charge in [-0.05, 0) is 25.8 Å². The lowest BCUT2D eigenvalue weighted by atomic mass is 10.1. The van der Waals surface area contributed by atoms with Crippen LogP contribution >= 0.6 is 0 Å². The van der Waals surface area contributed by atoms with Gasteiger partial charge in [-0.1, -0.05) is 30.3 Å². The number of nitrogens with one attached hydrogen (secondary N) is 1. The monoisotopic (exact) mass is 301 g/mol. The Kier molecular flexibility index (Phi) is 7.15. The Morgan fingerprint density at radius 2 is 1.90 bits per heavy atom. The van der Waals surface area contributed by atoms with Crippen LogP contribution in [0.4, 0.5) is 0 Å². The molecule has 1 unspecified atom stereocenters. The molecule has 5 nitrogen and oxygen atoms in total. The summed E-state index contributed by atoms with van der Waals surface area (Å²) in [4.78, 5) is 0. The highest BCUT2D eigenvalue weighted by atomic mass is 32.2. The number of hydrogen-bond acceptors (Lipinski definition) is 4. The summed E-state index contributed by atoms with van der Waals surface area (Å²) in [5.74, 6) is -0.101. The Balaban J connectivity index is 2.50. The smallest absolute Gasteiger partial charge is 0.214 e. The summed E-state index contributed by atoms with van der Waals surface area (Å²) < 4.78 is 31.5. The van der Waals surface area contributed by atoms with Gasteiger partial charge in [-0.3, -0.25) is 0 Å². The number of aliphatic hydroxyl groups is 1. The Labute approximate surface area is 121 Å². The van der Waals surface area contributed by atoms with Gasteiger partial charge in [-0.25, -0.2) is 13.1 Å². The normalized spacial score (nSPS) is 13.6. The van der Waals surface area contributed by atoms with Crippen LogP contribution in [-0.4, -0.2) is 44.6 Å². The van der Waals surface area contributed by atoms with Gasteiger partial charge in [-0.2, -0.15) is 0 Å². The van der Waals surface area contributed by atoms with Crippen LogP contribution < -0.4 is 4.72 Å². The maximum Gasteiger partial charge on any atom is 0.214 e. The van der Waals surface area contributed by atoms with Gasteiger partial charge in [-0.15, -0.1) is 0 Å². The molecule has 114 valence electrons. The molecule has 0 heterocycles. The van der Waals surface area contributed by atoms with Crippen LogP contribution in [-0.2, 0) is 21.2 Å². The van der Waals surface area contributed by atoms with Gasteiger partial charge >= 0.3 is 0 Å². The Bertz CT molecular complexity index is 473. The summed E-state index contributed by atoms with van der Waals surface area (Å²) in [6.45, 7) is 3.62. The van der Waals surface area contributed by atoms with E-state index in [-0.39, 0.29) is 25.1 Å². The van der Waals surface area contributed by atoms with Crippen LogP contribution in [0.3, 0.4) is 0 Å². The molecule has 20 heavy (non-hydrogen) atoms. The highest BCUT2D eigenvalue weighted by molar-refractivity contribution is 7.89. The summed E-state index contributed by atoms with van der Waals surface area (Å²) in [6.07, 6.45) is 0.463. The maximum absolute atomic E-state index is 11.9. The van der Waals surface area contributed by atoms with E-state index >= 15 is 0 Å². The van der Waals surface area contributed by atoms with E-state index in [1.165, 1.54) is 0 Å². The van der Waals surface area contributed by atoms with Crippen molar-refractivity contribution >= 4 is 10.0 Å². The van der Waals surface area contributed by atoms with Crippen molar-refractivity contribution in [2.75, 3.05) is 19.0 Å². The third kappa shape index (κ3) is 7.00. The molecule has 0 aliphatic rings. The van der Waals surface area contributed by atoms with E-state index in [0.29, 0.717) is 6.42 Å². The molecule has 0 bridgehead atoms. The number of hydrogen-bond donors (Lipinski definition) is 2. The average molecular weight is 301 g/mol. The number of rotatable bonds is 9. The van der Waals surface area contributed by atoms with E-state index in [0.717, 1.165) is 5.56 Å². The third-order valence-electron chi connectivity index (χ3n) is 2.69. The molecular formula is C14H23NO4S. The minimum atomic E-state index is -3.44. The fourth-order valence-corrected chi connectivity index (χ4v) is 2.85. The average Bonchev–Trinajstić information content (AvgIpc) is 2.38. The molecule has 0 saturated carbocycles.